The van der Waals surface area contributed by atoms with Crippen LogP contribution in [-0.4, -0.2) is 9.55 Å². The molecule has 0 aliphatic carbocycles. The van der Waals surface area contributed by atoms with Crippen molar-refractivity contribution in [1.29, 1.82) is 0 Å². The Kier molecular flexibility index (Phi) is 13.8. The van der Waals surface area contributed by atoms with Crippen molar-refractivity contribution in [2.75, 3.05) is 9.80 Å². The van der Waals surface area contributed by atoms with Crippen molar-refractivity contribution in [2.24, 2.45) is 0 Å². The van der Waals surface area contributed by atoms with Crippen LogP contribution in [0.4, 0.5) is 28.4 Å². The van der Waals surface area contributed by atoms with E-state index in [1.165, 1.54) is 11.1 Å². The molecule has 0 amide bonds. The van der Waals surface area contributed by atoms with Gasteiger partial charge in [0.05, 0.1) is 13.4 Å². The number of hydrogen-bond donors (Lipinski definition) is 0. The maximum Gasteiger partial charge on any atom is 0.204 e. The normalized spacial score (nSPS) is 13.9. The molecule has 0 N–H and O–H groups in total. The first-order chi connectivity index (χ1) is 43.8. The summed E-state index contributed by atoms with van der Waals surface area (Å²) in [4.78, 5) is 13.2. The van der Waals surface area contributed by atoms with Crippen LogP contribution in [0.5, 0.6) is 11.5 Å². The summed E-state index contributed by atoms with van der Waals surface area (Å²) in [6.07, 6.45) is 1.88. The van der Waals surface area contributed by atoms with Gasteiger partial charge in [-0.05, 0) is 118 Å². The van der Waals surface area contributed by atoms with E-state index < -0.39 is 18.1 Å². The Hall–Kier alpha value is -8.27. The quantitative estimate of drug-likeness (QED) is 0.142. The maximum absolute atomic E-state index is 9.49. The van der Waals surface area contributed by atoms with Crippen molar-refractivity contribution in [1.82, 2.24) is 9.55 Å². The monoisotopic (exact) mass is 1370 g/mol. The van der Waals surface area contributed by atoms with Gasteiger partial charge in [-0.3, -0.25) is 0 Å². The molecule has 12 aromatic rings. The summed E-state index contributed by atoms with van der Waals surface area (Å²) in [5.41, 5.74) is 14.4. The van der Waals surface area contributed by atoms with Gasteiger partial charge in [-0.15, -0.1) is 65.0 Å². The minimum atomic E-state index is -0.451. The number of benzene rings is 9. The van der Waals surface area contributed by atoms with Gasteiger partial charge >= 0.3 is 0 Å². The second kappa shape index (κ2) is 22.3. The summed E-state index contributed by atoms with van der Waals surface area (Å²) in [5, 5.41) is 4.16. The Labute approximate surface area is 552 Å². The summed E-state index contributed by atoms with van der Waals surface area (Å²) in [6, 6.07) is 56.2. The third kappa shape index (κ3) is 11.1. The smallest absolute Gasteiger partial charge is 0.204 e. The molecule has 0 saturated heterocycles. The van der Waals surface area contributed by atoms with Gasteiger partial charge in [0.25, 0.3) is 0 Å². The van der Waals surface area contributed by atoms with Crippen LogP contribution in [-0.2, 0) is 48.1 Å². The molecule has 4 heterocycles. The molecule has 450 valence electrons. The van der Waals surface area contributed by atoms with Crippen molar-refractivity contribution >= 4 is 81.8 Å². The van der Waals surface area contributed by atoms with Crippen molar-refractivity contribution < 1.29 is 32.7 Å². The van der Waals surface area contributed by atoms with Crippen LogP contribution in [0.25, 0.3) is 86.0 Å². The average molecular weight is 1370 g/mol. The molecule has 0 atom stereocenters. The number of ether oxygens (including phenoxy) is 1. The topological polar surface area (TPSA) is 37.9 Å². The van der Waals surface area contributed by atoms with Crippen LogP contribution in [0.15, 0.2) is 182 Å². The molecule has 8 heteroatoms. The Morgan fingerprint density at radius 1 is 0.539 bits per heavy atom. The van der Waals surface area contributed by atoms with E-state index in [-0.39, 0.29) is 65.8 Å². The van der Waals surface area contributed by atoms with Crippen LogP contribution in [0.2, 0.25) is 0 Å². The van der Waals surface area contributed by atoms with E-state index in [4.69, 9.17) is 20.4 Å². The number of hydrogen-bond acceptors (Lipinski definition) is 5. The number of rotatable bonds is 8. The molecule has 0 saturated carbocycles. The maximum atomic E-state index is 9.49. The minimum Gasteiger partial charge on any atom is -0.509 e. The van der Waals surface area contributed by atoms with Gasteiger partial charge in [-0.2, -0.15) is 6.07 Å². The van der Waals surface area contributed by atoms with Crippen LogP contribution in [0.1, 0.15) is 139 Å². The van der Waals surface area contributed by atoms with E-state index in [0.717, 1.165) is 98.1 Å². The van der Waals surface area contributed by atoms with E-state index in [0.29, 0.717) is 34.1 Å². The van der Waals surface area contributed by atoms with E-state index in [1.54, 1.807) is 11.3 Å². The number of fused-ring (bicyclic) bond motifs is 8. The number of nitrogens with zero attached hydrogens (tertiary/aromatic N) is 5. The van der Waals surface area contributed by atoms with E-state index in [9.17, 15) is 2.74 Å². The first kappa shape index (κ1) is 54.8. The molecule has 6 nitrogen and oxygen atoms in total. The standard InChI is InChI=1S/C81H76N5OS.Pt/c1-77(2,3)53-39-40-83-71(46-53)86-69-38-37-62-61-29-23-32-66(82-16)75(61)88-76(62)73(69)63-36-35-57(48-70(63)86)87-58-44-52(72-64(80(10,11)12)30-24-31-65(72)81(13,14)15)43-56(47-58)84-49-85(68-34-21-20-33-67(68)84)74-59(50-25-18-17-19-26-50)27-22-28-60(74)51-41-54(78(4,5)6)45-55(42-51)79(7,8)9;/h17-46,49H,1-15H3;/q-3;/i17D,18D,19D,25D,26D;. The first-order valence-electron chi connectivity index (χ1n) is 32.8. The van der Waals surface area contributed by atoms with Gasteiger partial charge in [-0.1, -0.05) is 231 Å². The molecule has 0 radical (unpaired) electrons. The fourth-order valence-electron chi connectivity index (χ4n) is 12.5. The van der Waals surface area contributed by atoms with Crippen LogP contribution < -0.4 is 14.5 Å². The third-order valence-electron chi connectivity index (χ3n) is 17.2. The second-order valence-electron chi connectivity index (χ2n) is 28.6. The zero-order chi connectivity index (χ0) is 66.3. The van der Waals surface area contributed by atoms with Gasteiger partial charge in [0.1, 0.15) is 5.82 Å². The fraction of sp³-hybridized carbons (Fsp3) is 0.247. The number of pyridine rings is 1. The van der Waals surface area contributed by atoms with E-state index in [1.807, 2.05) is 55.3 Å². The summed E-state index contributed by atoms with van der Waals surface area (Å²) < 4.78 is 57.1. The van der Waals surface area contributed by atoms with E-state index >= 15 is 0 Å². The number of aromatic nitrogens is 2. The molecule has 0 bridgehead atoms. The van der Waals surface area contributed by atoms with Crippen molar-refractivity contribution in [3.05, 3.63) is 240 Å². The summed E-state index contributed by atoms with van der Waals surface area (Å²) in [6.45, 7) is 43.6. The van der Waals surface area contributed by atoms with Crippen LogP contribution >= 0.6 is 11.3 Å². The number of anilines is 4. The molecule has 1 aliphatic rings. The summed E-state index contributed by atoms with van der Waals surface area (Å²) in [5.74, 6) is 1.68. The minimum absolute atomic E-state index is 0. The Bertz CT molecular complexity index is 5030. The van der Waals surface area contributed by atoms with Gasteiger partial charge < -0.3 is 19.1 Å². The predicted molar refractivity (Wildman–Crippen MR) is 373 cm³/mol. The SMILES string of the molecule is [2H]c1c([2H])c([2H])c(-c2cccc(-c3cc(C(C)(C)C)cc(C(C)(C)C)c3)c2N2[CH-]N(c3[c-]c(Oc4[c-]c5c(cc4)c4c6sc7c([N+]#[C-])cccc7c6ccc4n5-c4cc(C(C)(C)C)ccn4)cc(-c4c(C(C)(C)C)cccc4C(C)(C)C)c3)c3ccccc32)c([2H])c1[2H].[Pt]. The molecular weight excluding hydrogens is 1290 g/mol. The summed E-state index contributed by atoms with van der Waals surface area (Å²) in [7, 11) is 0. The van der Waals surface area contributed by atoms with Crippen LogP contribution in [0, 0.1) is 25.4 Å². The Balaban J connectivity index is 0.00000848. The summed E-state index contributed by atoms with van der Waals surface area (Å²) >= 11 is 1.65. The molecule has 0 spiro atoms. The predicted octanol–water partition coefficient (Wildman–Crippen LogP) is 23.4. The molecular formula is C81H76N5OPtS-3. The van der Waals surface area contributed by atoms with Gasteiger partial charge in [0, 0.05) is 81.9 Å². The number of thiophene rings is 1. The molecule has 9 aromatic carbocycles. The van der Waals surface area contributed by atoms with Crippen LogP contribution in [0.3, 0.4) is 0 Å². The largest absolute Gasteiger partial charge is 0.509 e. The zero-order valence-electron chi connectivity index (χ0n) is 58.4. The Morgan fingerprint density at radius 2 is 1.15 bits per heavy atom. The first-order valence-corrected chi connectivity index (χ1v) is 31.1. The molecule has 13 rings (SSSR count). The van der Waals surface area contributed by atoms with Crippen molar-refractivity contribution in [2.45, 2.75) is 131 Å². The number of para-hydroxylation sites is 3. The van der Waals surface area contributed by atoms with Crippen molar-refractivity contribution in [3.8, 4) is 50.7 Å². The Morgan fingerprint density at radius 3 is 1.79 bits per heavy atom. The van der Waals surface area contributed by atoms with Gasteiger partial charge in [0.2, 0.25) is 5.69 Å². The van der Waals surface area contributed by atoms with E-state index in [2.05, 4.69) is 238 Å². The molecule has 0 unspecified atom stereocenters. The second-order valence-corrected chi connectivity index (χ2v) is 29.6. The molecule has 0 fully saturated rings. The zero-order valence-corrected chi connectivity index (χ0v) is 56.5. The third-order valence-corrected chi connectivity index (χ3v) is 18.4. The van der Waals surface area contributed by atoms with Gasteiger partial charge in [-0.25, -0.2) is 9.83 Å². The average Bonchev–Trinajstić information content (AvgIpc) is 1.58. The van der Waals surface area contributed by atoms with Gasteiger partial charge in [0.15, 0.2) is 0 Å². The molecule has 1 aliphatic heterocycles. The molecule has 3 aromatic heterocycles. The fourth-order valence-corrected chi connectivity index (χ4v) is 13.8. The van der Waals surface area contributed by atoms with Crippen molar-refractivity contribution in [3.63, 3.8) is 0 Å². The molecule has 89 heavy (non-hydrogen) atoms.